The van der Waals surface area contributed by atoms with E-state index in [0.717, 1.165) is 10.0 Å². The lowest BCUT2D eigenvalue weighted by Crippen LogP contribution is -2.44. The fourth-order valence-corrected chi connectivity index (χ4v) is 2.14. The Morgan fingerprint density at radius 2 is 2.16 bits per heavy atom. The average Bonchev–Trinajstić information content (AvgIpc) is 2.36. The molecule has 2 unspecified atom stereocenters. The van der Waals surface area contributed by atoms with Crippen LogP contribution in [-0.2, 0) is 6.54 Å². The normalized spacial score (nSPS) is 13.7. The van der Waals surface area contributed by atoms with E-state index in [0.29, 0.717) is 11.6 Å². The Morgan fingerprint density at radius 3 is 2.74 bits per heavy atom. The summed E-state index contributed by atoms with van der Waals surface area (Å²) in [5.74, 6) is 0.0158. The van der Waals surface area contributed by atoms with Crippen molar-refractivity contribution in [3.05, 3.63) is 33.3 Å². The summed E-state index contributed by atoms with van der Waals surface area (Å²) in [6, 6.07) is 5.15. The van der Waals surface area contributed by atoms with E-state index >= 15 is 0 Å². The number of carbonyl (C=O) groups is 1. The maximum atomic E-state index is 11.7. The third-order valence-electron chi connectivity index (χ3n) is 2.95. The van der Waals surface area contributed by atoms with Crippen molar-refractivity contribution in [3.8, 4) is 0 Å². The molecular weight excluding hydrogens is 332 g/mol. The highest BCUT2D eigenvalue weighted by Crippen LogP contribution is 2.21. The number of urea groups is 1. The Hall–Kier alpha value is -0.780. The van der Waals surface area contributed by atoms with Crippen molar-refractivity contribution in [2.24, 2.45) is 5.92 Å². The van der Waals surface area contributed by atoms with Crippen LogP contribution in [0.2, 0.25) is 5.02 Å². The number of carbonyl (C=O) groups excluding carboxylic acids is 1. The van der Waals surface area contributed by atoms with Crippen molar-refractivity contribution in [2.45, 2.75) is 26.4 Å². The van der Waals surface area contributed by atoms with Crippen LogP contribution in [0.4, 0.5) is 4.79 Å². The van der Waals surface area contributed by atoms with Gasteiger partial charge in [-0.1, -0.05) is 40.5 Å². The van der Waals surface area contributed by atoms with Crippen molar-refractivity contribution < 1.29 is 9.90 Å². The van der Waals surface area contributed by atoms with E-state index in [-0.39, 0.29) is 24.6 Å². The number of halogens is 2. The van der Waals surface area contributed by atoms with Gasteiger partial charge in [0.05, 0.1) is 0 Å². The van der Waals surface area contributed by atoms with Crippen molar-refractivity contribution in [1.29, 1.82) is 0 Å². The Bertz CT molecular complexity index is 443. The van der Waals surface area contributed by atoms with Crippen LogP contribution in [0.15, 0.2) is 22.7 Å². The molecule has 1 aromatic rings. The minimum absolute atomic E-state index is 0.0158. The summed E-state index contributed by atoms with van der Waals surface area (Å²) >= 11 is 9.38. The van der Waals surface area contributed by atoms with Gasteiger partial charge in [0, 0.05) is 28.7 Å². The van der Waals surface area contributed by atoms with E-state index in [2.05, 4.69) is 26.6 Å². The maximum Gasteiger partial charge on any atom is 0.315 e. The lowest BCUT2D eigenvalue weighted by Gasteiger charge is -2.19. The van der Waals surface area contributed by atoms with Crippen molar-refractivity contribution in [1.82, 2.24) is 10.6 Å². The summed E-state index contributed by atoms with van der Waals surface area (Å²) < 4.78 is 0.899. The predicted molar refractivity (Wildman–Crippen MR) is 80.2 cm³/mol. The highest BCUT2D eigenvalue weighted by atomic mass is 79.9. The first kappa shape index (κ1) is 16.3. The van der Waals surface area contributed by atoms with Gasteiger partial charge in [-0.05, 0) is 30.5 Å². The molecule has 4 nitrogen and oxygen atoms in total. The SMILES string of the molecule is CC(CO)C(C)NC(=O)NCc1ccc(Br)cc1Cl. The zero-order valence-corrected chi connectivity index (χ0v) is 13.3. The third kappa shape index (κ3) is 5.38. The molecule has 19 heavy (non-hydrogen) atoms. The highest BCUT2D eigenvalue weighted by Gasteiger charge is 2.13. The van der Waals surface area contributed by atoms with Gasteiger partial charge < -0.3 is 15.7 Å². The van der Waals surface area contributed by atoms with E-state index in [9.17, 15) is 4.79 Å². The molecule has 106 valence electrons. The smallest absolute Gasteiger partial charge is 0.315 e. The second-order valence-corrected chi connectivity index (χ2v) is 5.83. The standard InChI is InChI=1S/C13H18BrClN2O2/c1-8(7-18)9(2)17-13(19)16-6-10-3-4-11(14)5-12(10)15/h3-5,8-9,18H,6-7H2,1-2H3,(H2,16,17,19). The van der Waals surface area contributed by atoms with E-state index in [1.807, 2.05) is 26.0 Å². The molecule has 0 aliphatic heterocycles. The molecule has 1 rings (SSSR count). The fourth-order valence-electron chi connectivity index (χ4n) is 1.40. The molecular formula is C13H18BrClN2O2. The van der Waals surface area contributed by atoms with Gasteiger partial charge in [0.2, 0.25) is 0 Å². The summed E-state index contributed by atoms with van der Waals surface area (Å²) in [6.07, 6.45) is 0. The van der Waals surface area contributed by atoms with Gasteiger partial charge in [-0.25, -0.2) is 4.79 Å². The van der Waals surface area contributed by atoms with Crippen molar-refractivity contribution in [3.63, 3.8) is 0 Å². The molecule has 3 N–H and O–H groups in total. The molecule has 0 spiro atoms. The Balaban J connectivity index is 2.46. The van der Waals surface area contributed by atoms with Gasteiger partial charge in [-0.15, -0.1) is 0 Å². The zero-order valence-electron chi connectivity index (χ0n) is 10.9. The molecule has 1 aromatic carbocycles. The third-order valence-corrected chi connectivity index (χ3v) is 3.80. The van der Waals surface area contributed by atoms with Crippen molar-refractivity contribution in [2.75, 3.05) is 6.61 Å². The van der Waals surface area contributed by atoms with Crippen LogP contribution in [0.25, 0.3) is 0 Å². The summed E-state index contributed by atoms with van der Waals surface area (Å²) in [5, 5.41) is 15.1. The number of nitrogens with one attached hydrogen (secondary N) is 2. The molecule has 0 heterocycles. The first-order chi connectivity index (χ1) is 8.93. The zero-order chi connectivity index (χ0) is 14.4. The van der Waals surface area contributed by atoms with Gasteiger partial charge >= 0.3 is 6.03 Å². The lowest BCUT2D eigenvalue weighted by molar-refractivity contribution is 0.200. The molecule has 0 saturated carbocycles. The predicted octanol–water partition coefficient (Wildman–Crippen LogP) is 2.92. The van der Waals surface area contributed by atoms with E-state index in [4.69, 9.17) is 16.7 Å². The van der Waals surface area contributed by atoms with Gasteiger partial charge in [0.25, 0.3) is 0 Å². The van der Waals surface area contributed by atoms with Crippen LogP contribution in [-0.4, -0.2) is 23.8 Å². The van der Waals surface area contributed by atoms with E-state index in [1.165, 1.54) is 0 Å². The molecule has 0 radical (unpaired) electrons. The van der Waals surface area contributed by atoms with E-state index in [1.54, 1.807) is 6.07 Å². The molecule has 0 aromatic heterocycles. The second kappa shape index (κ2) is 7.72. The molecule has 0 fully saturated rings. The summed E-state index contributed by atoms with van der Waals surface area (Å²) in [5.41, 5.74) is 0.850. The maximum absolute atomic E-state index is 11.7. The quantitative estimate of drug-likeness (QED) is 0.765. The summed E-state index contributed by atoms with van der Waals surface area (Å²) in [6.45, 7) is 4.13. The largest absolute Gasteiger partial charge is 0.396 e. The van der Waals surface area contributed by atoms with Crippen LogP contribution >= 0.6 is 27.5 Å². The Morgan fingerprint density at radius 1 is 1.47 bits per heavy atom. The number of hydrogen-bond donors (Lipinski definition) is 3. The minimum atomic E-state index is -0.271. The van der Waals surface area contributed by atoms with Gasteiger partial charge in [0.15, 0.2) is 0 Å². The van der Waals surface area contributed by atoms with Crippen LogP contribution in [0.1, 0.15) is 19.4 Å². The van der Waals surface area contributed by atoms with Crippen LogP contribution < -0.4 is 10.6 Å². The average molecular weight is 350 g/mol. The fraction of sp³-hybridized carbons (Fsp3) is 0.462. The highest BCUT2D eigenvalue weighted by molar-refractivity contribution is 9.10. The Labute approximate surface area is 126 Å². The number of benzene rings is 1. The van der Waals surface area contributed by atoms with Crippen LogP contribution in [0.5, 0.6) is 0 Å². The van der Waals surface area contributed by atoms with Crippen LogP contribution in [0, 0.1) is 5.92 Å². The lowest BCUT2D eigenvalue weighted by atomic mass is 10.1. The number of amides is 2. The molecule has 2 amide bonds. The molecule has 0 saturated heterocycles. The molecule has 0 aliphatic carbocycles. The molecule has 0 aliphatic rings. The number of hydrogen-bond acceptors (Lipinski definition) is 2. The number of aliphatic hydroxyl groups is 1. The first-order valence-electron chi connectivity index (χ1n) is 6.03. The van der Waals surface area contributed by atoms with Gasteiger partial charge in [0.1, 0.15) is 0 Å². The Kier molecular flexibility index (Phi) is 6.62. The second-order valence-electron chi connectivity index (χ2n) is 4.51. The van der Waals surface area contributed by atoms with Gasteiger partial charge in [-0.2, -0.15) is 0 Å². The number of aliphatic hydroxyl groups excluding tert-OH is 1. The van der Waals surface area contributed by atoms with Crippen molar-refractivity contribution >= 4 is 33.6 Å². The molecule has 2 atom stereocenters. The summed E-state index contributed by atoms with van der Waals surface area (Å²) in [4.78, 5) is 11.7. The minimum Gasteiger partial charge on any atom is -0.396 e. The molecule has 6 heteroatoms. The monoisotopic (exact) mass is 348 g/mol. The van der Waals surface area contributed by atoms with E-state index < -0.39 is 0 Å². The first-order valence-corrected chi connectivity index (χ1v) is 7.20. The van der Waals surface area contributed by atoms with Crippen LogP contribution in [0.3, 0.4) is 0 Å². The number of rotatable bonds is 5. The topological polar surface area (TPSA) is 61.4 Å². The summed E-state index contributed by atoms with van der Waals surface area (Å²) in [7, 11) is 0. The molecule has 0 bridgehead atoms. The van der Waals surface area contributed by atoms with Gasteiger partial charge in [-0.3, -0.25) is 0 Å².